The van der Waals surface area contributed by atoms with E-state index < -0.39 is 119 Å². The lowest BCUT2D eigenvalue weighted by atomic mass is 9.78. The molecule has 24 nitrogen and oxygen atoms in total. The van der Waals surface area contributed by atoms with Crippen molar-refractivity contribution in [3.8, 4) is 0 Å². The molecule has 4 aromatic rings. The first-order valence-electron chi connectivity index (χ1n) is 39.4. The summed E-state index contributed by atoms with van der Waals surface area (Å²) in [6.07, 6.45) is -13.7. The van der Waals surface area contributed by atoms with Crippen molar-refractivity contribution in [2.75, 3.05) is 13.2 Å². The van der Waals surface area contributed by atoms with E-state index >= 15 is 0 Å². The number of aliphatic hydroxyl groups is 1. The molecule has 0 spiro atoms. The maximum Gasteiger partial charge on any atom is 0.196 e. The molecule has 0 saturated carbocycles. The molecule has 10 rings (SSSR count). The Hall–Kier alpha value is -5.58. The normalized spacial score (nSPS) is 37.2. The Kier molecular flexibility index (Phi) is 32.0. The molecule has 11 unspecified atom stereocenters. The fraction of sp³-hybridized carbons (Fsp3) is 0.690. The summed E-state index contributed by atoms with van der Waals surface area (Å²) < 4.78 is 99.3. The Morgan fingerprint density at radius 2 is 0.789 bits per heavy atom. The van der Waals surface area contributed by atoms with Crippen LogP contribution in [-0.4, -0.2) is 161 Å². The highest BCUT2D eigenvalue weighted by molar-refractivity contribution is 6.74. The predicted molar refractivity (Wildman–Crippen MR) is 414 cm³/mol. The van der Waals surface area contributed by atoms with Gasteiger partial charge in [-0.3, -0.25) is 9.59 Å². The predicted octanol–water partition coefficient (Wildman–Crippen LogP) is 16.1. The van der Waals surface area contributed by atoms with Crippen molar-refractivity contribution in [2.45, 2.75) is 292 Å². The van der Waals surface area contributed by atoms with Crippen molar-refractivity contribution in [3.63, 3.8) is 0 Å². The summed E-state index contributed by atoms with van der Waals surface area (Å²) in [6, 6.07) is 37.8. The van der Waals surface area contributed by atoms with Crippen LogP contribution in [0.1, 0.15) is 147 Å². The number of carbonyl (C=O) groups excluding carboxylic acids is 2. The lowest BCUT2D eigenvalue weighted by Crippen LogP contribution is -2.65. The van der Waals surface area contributed by atoms with Gasteiger partial charge in [0.05, 0.1) is 64.1 Å². The number of ether oxygens (including phenoxy) is 14. The number of hydrogen-bond donors (Lipinski definition) is 1. The zero-order chi connectivity index (χ0) is 79.2. The van der Waals surface area contributed by atoms with Crippen LogP contribution >= 0.6 is 0 Å². The van der Waals surface area contributed by atoms with E-state index in [4.69, 9.17) is 70.7 Å². The summed E-state index contributed by atoms with van der Waals surface area (Å²) in [5.74, 6) is 0.180. The molecule has 6 heterocycles. The number of carbonyl (C=O) groups is 2. The molecule has 6 aliphatic rings. The molecule has 25 heteroatoms. The van der Waals surface area contributed by atoms with Gasteiger partial charge in [0, 0.05) is 21.7 Å². The van der Waals surface area contributed by atoms with Crippen molar-refractivity contribution in [2.24, 2.45) is 75.3 Å². The Morgan fingerprint density at radius 1 is 0.440 bits per heavy atom. The first kappa shape index (κ1) is 87.4. The highest BCUT2D eigenvalue weighted by atomic mass is 28.4. The van der Waals surface area contributed by atoms with Gasteiger partial charge in [-0.05, 0) is 132 Å². The number of Topliss-reactive ketones (excluding diaryl/α,β-unsaturated/α-hetero) is 2. The summed E-state index contributed by atoms with van der Waals surface area (Å²) in [6.45, 7) is 43.1. The molecular weight excluding hydrogens is 1410 g/mol. The Bertz CT molecular complexity index is 3540. The van der Waals surface area contributed by atoms with Gasteiger partial charge < -0.3 is 75.8 Å². The van der Waals surface area contributed by atoms with E-state index in [1.54, 1.807) is 13.8 Å². The molecule has 30 atom stereocenters. The van der Waals surface area contributed by atoms with Crippen molar-refractivity contribution < 1.29 is 85.4 Å². The molecule has 6 saturated heterocycles. The van der Waals surface area contributed by atoms with Crippen LogP contribution in [0, 0.1) is 65.1 Å². The summed E-state index contributed by atoms with van der Waals surface area (Å²) in [5, 5.41) is 19.1. The lowest BCUT2D eigenvalue weighted by Gasteiger charge is -2.52. The maximum absolute atomic E-state index is 12.9. The topological polar surface area (TPSA) is 290 Å². The fourth-order valence-electron chi connectivity index (χ4n) is 15.8. The van der Waals surface area contributed by atoms with E-state index in [-0.39, 0.29) is 88.0 Å². The average molecular weight is 1530 g/mol. The van der Waals surface area contributed by atoms with E-state index in [1.165, 1.54) is 6.92 Å². The molecule has 0 bridgehead atoms. The number of hydrogen-bond acceptors (Lipinski definition) is 20. The van der Waals surface area contributed by atoms with Crippen LogP contribution in [0.3, 0.4) is 0 Å². The van der Waals surface area contributed by atoms with Crippen molar-refractivity contribution in [1.29, 1.82) is 0 Å². The van der Waals surface area contributed by atoms with E-state index in [0.29, 0.717) is 45.6 Å². The number of aliphatic hydroxyl groups excluding tert-OH is 1. The zero-order valence-electron chi connectivity index (χ0n) is 67.8. The van der Waals surface area contributed by atoms with Gasteiger partial charge in [0.1, 0.15) is 60.9 Å². The van der Waals surface area contributed by atoms with Crippen LogP contribution in [0.15, 0.2) is 132 Å². The van der Waals surface area contributed by atoms with Gasteiger partial charge in [-0.1, -0.05) is 228 Å². The molecule has 0 radical (unpaired) electrons. The first-order chi connectivity index (χ1) is 51.9. The minimum Gasteiger partial charge on any atom is -0.392 e. The van der Waals surface area contributed by atoms with E-state index in [0.717, 1.165) is 22.3 Å². The number of nitrogens with zero attached hydrogens (tertiary/aromatic N) is 6. The minimum absolute atomic E-state index is 0.00333. The van der Waals surface area contributed by atoms with Gasteiger partial charge >= 0.3 is 0 Å². The first-order valence-corrected chi connectivity index (χ1v) is 42.3. The third-order valence-corrected chi connectivity index (χ3v) is 29.8. The molecule has 1 N–H and O–H groups in total. The number of benzene rings is 4. The second kappa shape index (κ2) is 39.9. The number of rotatable bonds is 30. The minimum atomic E-state index is -2.54. The smallest absolute Gasteiger partial charge is 0.196 e. The quantitative estimate of drug-likeness (QED) is 0.0220. The third-order valence-electron chi connectivity index (χ3n) is 25.3. The zero-order valence-corrected chi connectivity index (χ0v) is 68.8. The second-order valence-corrected chi connectivity index (χ2v) is 37.6. The molecule has 0 aromatic heterocycles. The Morgan fingerprint density at radius 3 is 1.16 bits per heavy atom. The lowest BCUT2D eigenvalue weighted by molar-refractivity contribution is -0.356. The molecule has 6 fully saturated rings. The monoisotopic (exact) mass is 1530 g/mol. The van der Waals surface area contributed by atoms with Crippen LogP contribution in [0.4, 0.5) is 0 Å². The van der Waals surface area contributed by atoms with Crippen LogP contribution in [0.25, 0.3) is 20.9 Å². The van der Waals surface area contributed by atoms with Gasteiger partial charge in [0.2, 0.25) is 0 Å². The van der Waals surface area contributed by atoms with Crippen LogP contribution in [-0.2, 0) is 107 Å². The van der Waals surface area contributed by atoms with E-state index in [9.17, 15) is 25.8 Å². The third kappa shape index (κ3) is 21.6. The van der Waals surface area contributed by atoms with Gasteiger partial charge in [-0.2, -0.15) is 0 Å². The Labute approximate surface area is 647 Å². The van der Waals surface area contributed by atoms with Crippen LogP contribution < -0.4 is 0 Å². The fourth-order valence-corrected chi connectivity index (χ4v) is 18.2. The van der Waals surface area contributed by atoms with Gasteiger partial charge in [-0.25, -0.2) is 0 Å². The van der Waals surface area contributed by atoms with Gasteiger partial charge in [-0.15, -0.1) is 0 Å². The summed E-state index contributed by atoms with van der Waals surface area (Å²) in [7, 11) is -2.54. The maximum atomic E-state index is 12.9. The summed E-state index contributed by atoms with van der Waals surface area (Å²) >= 11 is 0. The second-order valence-electron chi connectivity index (χ2n) is 33.0. The average Bonchev–Trinajstić information content (AvgIpc) is 1.42. The Balaban J connectivity index is 0.000000255. The number of ketones is 2. The highest BCUT2D eigenvalue weighted by Crippen LogP contribution is 2.48. The van der Waals surface area contributed by atoms with Crippen molar-refractivity contribution in [1.82, 2.24) is 0 Å². The molecule has 602 valence electrons. The van der Waals surface area contributed by atoms with Gasteiger partial charge in [0.15, 0.2) is 57.6 Å². The van der Waals surface area contributed by atoms with E-state index in [1.807, 2.05) is 149 Å². The standard InChI is InChI=1S/C46H71N3O9Si.C38H53N3O9/c1-27(2)46(10,11)59(12,13)58-44-38(48-49-47)42(57-43-32(7)28(3)30(5)39(55-43)33(8)50)41(34(9)53-44)56-45-40(52-25-36-22-18-15-19-23-36)31(6)29(4)37(54-45)26-51-24-35-20-16-14-17-21-35;1-21-23(3)32(26(6)42)48-37(25(21)5)50-35-31(40-41-39)36(43)46-27(7)34(35)49-38-33(45-19-29-16-12-9-13-17-29)24(4)22(2)30(47-38)20-44-18-28-14-10-8-11-15-28/h14-23,27-32,34,37-45H,24-26H2,1-13H3;8-17,21-25,27,30-38,43H,18-20H2,1-7H3/t28-,29-,30-,31-,32?,34-,37?,38?,39?,40?,41+,42+,43-,44+,45-;21-,22-,23-,24-,25?,27-,30?,31?,32?,33?,34+,35+,36?,37-,38-/m00/s1. The molecule has 0 amide bonds. The highest BCUT2D eigenvalue weighted by Gasteiger charge is 2.57. The van der Waals surface area contributed by atoms with Crippen molar-refractivity contribution >= 4 is 19.9 Å². The van der Waals surface area contributed by atoms with Crippen LogP contribution in [0.5, 0.6) is 0 Å². The summed E-state index contributed by atoms with van der Waals surface area (Å²) in [5.41, 5.74) is 23.8. The SMILES string of the molecule is CC(=O)C1O[C@@H](O[C@@H]2C(N=[N+]=[N-])C(O)O[C@@H](C)[C@H]2O[C@@H]2OC(COCc3ccccc3)[C@@H](C)[C@H](C)C2OCc2ccccc2)C(C)[C@@H](C)[C@@H]1C.CC(=O)C1O[C@@H](O[C@@H]2C(N=[N+]=[N-])[C@@H](O[Si](C)(C)C(C)(C)C(C)C)O[C@@H](C)[C@H]2O[C@@H]2OC(COCc3ccccc3)[C@@H](C)[C@H](C)C2OCc2ccccc2)C(C)[C@@H](C)[C@@H]1C. The summed E-state index contributed by atoms with van der Waals surface area (Å²) in [4.78, 5) is 31.8. The van der Waals surface area contributed by atoms with Gasteiger partial charge in [0.25, 0.3) is 0 Å². The molecule has 0 aliphatic carbocycles. The largest absolute Gasteiger partial charge is 0.392 e. The van der Waals surface area contributed by atoms with E-state index in [2.05, 4.69) is 109 Å². The molecule has 4 aromatic carbocycles. The van der Waals surface area contributed by atoms with Crippen LogP contribution in [0.2, 0.25) is 18.1 Å². The molecule has 6 aliphatic heterocycles. The van der Waals surface area contributed by atoms with Crippen molar-refractivity contribution in [3.05, 3.63) is 164 Å². The number of azide groups is 2. The molecular formula is C84H124N6O18Si. The molecule has 109 heavy (non-hydrogen) atoms.